The normalized spacial score (nSPS) is 15.3. The van der Waals surface area contributed by atoms with Crippen LogP contribution in [0.4, 0.5) is 0 Å². The van der Waals surface area contributed by atoms with Crippen LogP contribution in [0.2, 0.25) is 0 Å². The molecule has 0 aromatic heterocycles. The summed E-state index contributed by atoms with van der Waals surface area (Å²) in [5.41, 5.74) is 1.31. The Kier molecular flexibility index (Phi) is 2.03. The third-order valence-electron chi connectivity index (χ3n) is 3.21. The van der Waals surface area contributed by atoms with Crippen molar-refractivity contribution in [2.24, 2.45) is 0 Å². The summed E-state index contributed by atoms with van der Waals surface area (Å²) in [5.74, 6) is 1.95. The topological polar surface area (TPSA) is 29.5 Å². The smallest absolute Gasteiger partial charge is 0.130 e. The van der Waals surface area contributed by atoms with Crippen molar-refractivity contribution in [1.82, 2.24) is 0 Å². The van der Waals surface area contributed by atoms with Crippen molar-refractivity contribution in [3.05, 3.63) is 35.9 Å². The molecule has 82 valence electrons. The standard InChI is InChI=1S/C14H14O2/c1-16-14-12(9-2-3-9)6-4-10-8-11(15)5-7-13(10)14/h4-9,15H,2-3H2,1H3. The third-order valence-corrected chi connectivity index (χ3v) is 3.21. The molecule has 0 bridgehead atoms. The number of rotatable bonds is 2. The van der Waals surface area contributed by atoms with Crippen LogP contribution in [0.25, 0.3) is 10.8 Å². The van der Waals surface area contributed by atoms with Gasteiger partial charge in [-0.3, -0.25) is 0 Å². The van der Waals surface area contributed by atoms with Crippen molar-refractivity contribution in [2.45, 2.75) is 18.8 Å². The largest absolute Gasteiger partial charge is 0.508 e. The number of phenols is 1. The molecule has 1 aliphatic carbocycles. The third kappa shape index (κ3) is 1.42. The molecule has 0 spiro atoms. The summed E-state index contributed by atoms with van der Waals surface area (Å²) in [4.78, 5) is 0. The molecule has 2 heteroatoms. The van der Waals surface area contributed by atoms with E-state index in [0.29, 0.717) is 11.7 Å². The highest BCUT2D eigenvalue weighted by Gasteiger charge is 2.27. The fourth-order valence-corrected chi connectivity index (χ4v) is 2.25. The van der Waals surface area contributed by atoms with Gasteiger partial charge in [0.1, 0.15) is 11.5 Å². The van der Waals surface area contributed by atoms with Gasteiger partial charge in [0.15, 0.2) is 0 Å². The molecular weight excluding hydrogens is 200 g/mol. The fourth-order valence-electron chi connectivity index (χ4n) is 2.25. The van der Waals surface area contributed by atoms with E-state index in [-0.39, 0.29) is 0 Å². The number of hydrogen-bond acceptors (Lipinski definition) is 2. The van der Waals surface area contributed by atoms with E-state index in [1.807, 2.05) is 6.07 Å². The van der Waals surface area contributed by atoms with Crippen molar-refractivity contribution < 1.29 is 9.84 Å². The van der Waals surface area contributed by atoms with Gasteiger partial charge < -0.3 is 9.84 Å². The first-order chi connectivity index (χ1) is 7.79. The lowest BCUT2D eigenvalue weighted by Gasteiger charge is -2.11. The molecule has 0 unspecified atom stereocenters. The quantitative estimate of drug-likeness (QED) is 0.829. The first kappa shape index (κ1) is 9.52. The van der Waals surface area contributed by atoms with Gasteiger partial charge in [0.05, 0.1) is 7.11 Å². The second kappa shape index (κ2) is 3.41. The van der Waals surface area contributed by atoms with Gasteiger partial charge in [-0.25, -0.2) is 0 Å². The van der Waals surface area contributed by atoms with Gasteiger partial charge in [-0.1, -0.05) is 12.1 Å². The molecule has 0 radical (unpaired) electrons. The zero-order valence-corrected chi connectivity index (χ0v) is 9.23. The molecule has 0 amide bonds. The lowest BCUT2D eigenvalue weighted by molar-refractivity contribution is 0.415. The minimum absolute atomic E-state index is 0.300. The minimum atomic E-state index is 0.300. The fraction of sp³-hybridized carbons (Fsp3) is 0.286. The number of hydrogen-bond donors (Lipinski definition) is 1. The van der Waals surface area contributed by atoms with Gasteiger partial charge in [-0.15, -0.1) is 0 Å². The van der Waals surface area contributed by atoms with Gasteiger partial charge in [-0.2, -0.15) is 0 Å². The van der Waals surface area contributed by atoms with E-state index in [0.717, 1.165) is 16.5 Å². The molecule has 2 aromatic rings. The van der Waals surface area contributed by atoms with Crippen LogP contribution >= 0.6 is 0 Å². The van der Waals surface area contributed by atoms with Crippen LogP contribution in [0.5, 0.6) is 11.5 Å². The van der Waals surface area contributed by atoms with Gasteiger partial charge in [0.25, 0.3) is 0 Å². The first-order valence-corrected chi connectivity index (χ1v) is 5.59. The number of phenolic OH excluding ortho intramolecular Hbond substituents is 1. The molecule has 3 rings (SSSR count). The zero-order valence-electron chi connectivity index (χ0n) is 9.23. The molecule has 16 heavy (non-hydrogen) atoms. The van der Waals surface area contributed by atoms with Crippen LogP contribution in [0.3, 0.4) is 0 Å². The van der Waals surface area contributed by atoms with E-state index < -0.39 is 0 Å². The Labute approximate surface area is 94.5 Å². The second-order valence-electron chi connectivity index (χ2n) is 4.37. The molecule has 2 nitrogen and oxygen atoms in total. The molecule has 2 aromatic carbocycles. The Morgan fingerprint density at radius 1 is 1.19 bits per heavy atom. The lowest BCUT2D eigenvalue weighted by atomic mass is 10.0. The summed E-state index contributed by atoms with van der Waals surface area (Å²) in [7, 11) is 1.72. The number of ether oxygens (including phenoxy) is 1. The summed E-state index contributed by atoms with van der Waals surface area (Å²) in [5, 5.41) is 11.6. The molecule has 0 heterocycles. The van der Waals surface area contributed by atoms with Crippen LogP contribution in [-0.4, -0.2) is 12.2 Å². The predicted octanol–water partition coefficient (Wildman–Crippen LogP) is 3.43. The molecule has 0 atom stereocenters. The Balaban J connectivity index is 2.27. The molecular formula is C14H14O2. The van der Waals surface area contributed by atoms with Crippen molar-refractivity contribution >= 4 is 10.8 Å². The Hall–Kier alpha value is -1.70. The highest BCUT2D eigenvalue weighted by atomic mass is 16.5. The number of fused-ring (bicyclic) bond motifs is 1. The van der Waals surface area contributed by atoms with Gasteiger partial charge in [0, 0.05) is 5.39 Å². The van der Waals surface area contributed by atoms with Crippen LogP contribution in [0.1, 0.15) is 24.3 Å². The number of aromatic hydroxyl groups is 1. The molecule has 0 saturated heterocycles. The van der Waals surface area contributed by atoms with E-state index >= 15 is 0 Å². The second-order valence-corrected chi connectivity index (χ2v) is 4.37. The van der Waals surface area contributed by atoms with Crippen molar-refractivity contribution in [1.29, 1.82) is 0 Å². The monoisotopic (exact) mass is 214 g/mol. The minimum Gasteiger partial charge on any atom is -0.508 e. The van der Waals surface area contributed by atoms with Crippen LogP contribution < -0.4 is 4.74 Å². The van der Waals surface area contributed by atoms with Crippen molar-refractivity contribution in [3.63, 3.8) is 0 Å². The summed E-state index contributed by atoms with van der Waals surface area (Å²) in [6.45, 7) is 0. The maximum atomic E-state index is 9.44. The highest BCUT2D eigenvalue weighted by molar-refractivity contribution is 5.91. The van der Waals surface area contributed by atoms with E-state index in [2.05, 4.69) is 12.1 Å². The number of methoxy groups -OCH3 is 1. The summed E-state index contributed by atoms with van der Waals surface area (Å²) in [6, 6.07) is 9.59. The molecule has 1 N–H and O–H groups in total. The van der Waals surface area contributed by atoms with Crippen molar-refractivity contribution in [2.75, 3.05) is 7.11 Å². The maximum absolute atomic E-state index is 9.44. The van der Waals surface area contributed by atoms with Gasteiger partial charge >= 0.3 is 0 Å². The van der Waals surface area contributed by atoms with Crippen LogP contribution in [0.15, 0.2) is 30.3 Å². The molecule has 1 fully saturated rings. The van der Waals surface area contributed by atoms with Gasteiger partial charge in [0.2, 0.25) is 0 Å². The molecule has 1 saturated carbocycles. The van der Waals surface area contributed by atoms with Crippen LogP contribution in [0, 0.1) is 0 Å². The SMILES string of the molecule is COc1c(C2CC2)ccc2cc(O)ccc12. The summed E-state index contributed by atoms with van der Waals surface area (Å²) >= 11 is 0. The van der Waals surface area contributed by atoms with E-state index in [1.165, 1.54) is 18.4 Å². The highest BCUT2D eigenvalue weighted by Crippen LogP contribution is 2.46. The Bertz CT molecular complexity index is 542. The summed E-state index contributed by atoms with van der Waals surface area (Å²) < 4.78 is 5.52. The number of benzene rings is 2. The first-order valence-electron chi connectivity index (χ1n) is 5.59. The van der Waals surface area contributed by atoms with Gasteiger partial charge in [-0.05, 0) is 47.9 Å². The van der Waals surface area contributed by atoms with E-state index in [9.17, 15) is 5.11 Å². The van der Waals surface area contributed by atoms with Crippen molar-refractivity contribution in [3.8, 4) is 11.5 Å². The predicted molar refractivity (Wildman–Crippen MR) is 64.1 cm³/mol. The average molecular weight is 214 g/mol. The summed E-state index contributed by atoms with van der Waals surface area (Å²) in [6.07, 6.45) is 2.53. The maximum Gasteiger partial charge on any atom is 0.130 e. The lowest BCUT2D eigenvalue weighted by Crippen LogP contribution is -1.91. The van der Waals surface area contributed by atoms with E-state index in [1.54, 1.807) is 19.2 Å². The molecule has 0 aliphatic heterocycles. The molecule has 1 aliphatic rings. The average Bonchev–Trinajstić information content (AvgIpc) is 3.11. The van der Waals surface area contributed by atoms with Crippen LogP contribution in [-0.2, 0) is 0 Å². The Morgan fingerprint density at radius 3 is 2.69 bits per heavy atom. The zero-order chi connectivity index (χ0) is 11.1. The Morgan fingerprint density at radius 2 is 2.00 bits per heavy atom. The van der Waals surface area contributed by atoms with E-state index in [4.69, 9.17) is 4.74 Å².